The molecule has 0 atom stereocenters. The number of hydrogen-bond acceptors (Lipinski definition) is 2. The Balaban J connectivity index is 1.94. The van der Waals surface area contributed by atoms with Crippen molar-refractivity contribution in [1.29, 1.82) is 0 Å². The molecule has 0 N–H and O–H groups in total. The quantitative estimate of drug-likeness (QED) is 0.776. The number of aryl methyl sites for hydroxylation is 1. The molecule has 0 aliphatic carbocycles. The van der Waals surface area contributed by atoms with Crippen LogP contribution < -0.4 is 4.74 Å². The maximum absolute atomic E-state index is 13.2. The van der Waals surface area contributed by atoms with Gasteiger partial charge in [-0.25, -0.2) is 4.39 Å². The van der Waals surface area contributed by atoms with Crippen molar-refractivity contribution in [3.63, 3.8) is 0 Å². The number of ketones is 1. The van der Waals surface area contributed by atoms with Crippen molar-refractivity contribution in [2.24, 2.45) is 0 Å². The van der Waals surface area contributed by atoms with Gasteiger partial charge >= 0.3 is 0 Å². The van der Waals surface area contributed by atoms with Crippen molar-refractivity contribution >= 4 is 5.78 Å². The Morgan fingerprint density at radius 2 is 1.90 bits per heavy atom. The largest absolute Gasteiger partial charge is 0.493 e. The van der Waals surface area contributed by atoms with E-state index < -0.39 is 5.82 Å². The molecule has 0 spiro atoms. The smallest absolute Gasteiger partial charge is 0.193 e. The number of carbonyl (C=O) groups excluding carboxylic acids is 1. The highest BCUT2D eigenvalue weighted by Gasteiger charge is 2.14. The molecule has 0 unspecified atom stereocenters. The van der Waals surface area contributed by atoms with Crippen molar-refractivity contribution in [1.82, 2.24) is 0 Å². The summed E-state index contributed by atoms with van der Waals surface area (Å²) in [4.78, 5) is 12.4. The molecular formula is C17H15FO2. The Labute approximate surface area is 117 Å². The van der Waals surface area contributed by atoms with Crippen LogP contribution in [0.4, 0.5) is 4.39 Å². The number of fused-ring (bicyclic) bond motifs is 1. The summed E-state index contributed by atoms with van der Waals surface area (Å²) in [5.74, 6) is 0.309. The molecule has 0 saturated carbocycles. The Morgan fingerprint density at radius 3 is 2.75 bits per heavy atom. The molecular weight excluding hydrogens is 255 g/mol. The lowest BCUT2D eigenvalue weighted by atomic mass is 9.99. The highest BCUT2D eigenvalue weighted by atomic mass is 19.1. The Morgan fingerprint density at radius 1 is 1.05 bits per heavy atom. The molecule has 1 heterocycles. The molecule has 0 fully saturated rings. The molecule has 0 aromatic heterocycles. The molecule has 0 amide bonds. The fraction of sp³-hybridized carbons (Fsp3) is 0.235. The van der Waals surface area contributed by atoms with Crippen LogP contribution in [0.5, 0.6) is 5.75 Å². The van der Waals surface area contributed by atoms with Crippen LogP contribution in [-0.4, -0.2) is 12.4 Å². The van der Waals surface area contributed by atoms with Crippen molar-refractivity contribution < 1.29 is 13.9 Å². The first-order valence-electron chi connectivity index (χ1n) is 6.80. The van der Waals surface area contributed by atoms with E-state index in [1.54, 1.807) is 18.2 Å². The van der Waals surface area contributed by atoms with Crippen LogP contribution in [0.2, 0.25) is 0 Å². The minimum Gasteiger partial charge on any atom is -0.493 e. The summed E-state index contributed by atoms with van der Waals surface area (Å²) in [7, 11) is 0. The second-order valence-electron chi connectivity index (χ2n) is 4.97. The highest BCUT2D eigenvalue weighted by Crippen LogP contribution is 2.26. The topological polar surface area (TPSA) is 26.3 Å². The zero-order chi connectivity index (χ0) is 13.9. The van der Waals surface area contributed by atoms with Crippen LogP contribution in [0.15, 0.2) is 42.5 Å². The first kappa shape index (κ1) is 12.9. The third-order valence-corrected chi connectivity index (χ3v) is 3.51. The zero-order valence-corrected chi connectivity index (χ0v) is 11.1. The molecule has 3 heteroatoms. The van der Waals surface area contributed by atoms with Crippen LogP contribution >= 0.6 is 0 Å². The number of halogens is 1. The summed E-state index contributed by atoms with van der Waals surface area (Å²) >= 11 is 0. The molecule has 2 aromatic rings. The fourth-order valence-corrected chi connectivity index (χ4v) is 2.45. The van der Waals surface area contributed by atoms with Gasteiger partial charge in [0, 0.05) is 11.1 Å². The van der Waals surface area contributed by atoms with Crippen molar-refractivity contribution in [2.45, 2.75) is 19.3 Å². The lowest BCUT2D eigenvalue weighted by Crippen LogP contribution is -2.03. The molecule has 1 aliphatic rings. The van der Waals surface area contributed by atoms with Crippen LogP contribution in [-0.2, 0) is 6.42 Å². The second-order valence-corrected chi connectivity index (χ2v) is 4.97. The predicted octanol–water partition coefficient (Wildman–Crippen LogP) is 3.77. The molecule has 2 nitrogen and oxygen atoms in total. The molecule has 1 aliphatic heterocycles. The average Bonchev–Trinajstić information content (AvgIpc) is 2.71. The van der Waals surface area contributed by atoms with Gasteiger partial charge in [-0.05, 0) is 55.2 Å². The number of benzene rings is 2. The maximum Gasteiger partial charge on any atom is 0.193 e. The minimum absolute atomic E-state index is 0.156. The summed E-state index contributed by atoms with van der Waals surface area (Å²) in [5.41, 5.74) is 2.02. The maximum atomic E-state index is 13.2. The van der Waals surface area contributed by atoms with E-state index in [2.05, 4.69) is 0 Å². The van der Waals surface area contributed by atoms with Crippen molar-refractivity contribution in [3.8, 4) is 5.75 Å². The van der Waals surface area contributed by atoms with Gasteiger partial charge < -0.3 is 4.74 Å². The van der Waals surface area contributed by atoms with Gasteiger partial charge in [-0.3, -0.25) is 4.79 Å². The van der Waals surface area contributed by atoms with E-state index in [1.165, 1.54) is 12.1 Å². The van der Waals surface area contributed by atoms with E-state index >= 15 is 0 Å². The second kappa shape index (κ2) is 5.45. The van der Waals surface area contributed by atoms with Gasteiger partial charge in [0.25, 0.3) is 0 Å². The van der Waals surface area contributed by atoms with Gasteiger partial charge in [0.05, 0.1) is 6.61 Å². The van der Waals surface area contributed by atoms with Gasteiger partial charge in [0.2, 0.25) is 0 Å². The van der Waals surface area contributed by atoms with Crippen molar-refractivity contribution in [2.75, 3.05) is 6.61 Å². The standard InChI is InChI=1S/C17H15FO2/c18-15-6-3-5-13(11-15)17(19)14-7-8-16-12(10-14)4-1-2-9-20-16/h3,5-8,10-11H,1-2,4,9H2. The van der Waals surface area contributed by atoms with E-state index in [0.29, 0.717) is 11.1 Å². The first-order valence-corrected chi connectivity index (χ1v) is 6.80. The van der Waals surface area contributed by atoms with Crippen LogP contribution in [0.3, 0.4) is 0 Å². The van der Waals surface area contributed by atoms with E-state index in [-0.39, 0.29) is 5.78 Å². The summed E-state index contributed by atoms with van der Waals surface area (Å²) in [6.45, 7) is 0.726. The molecule has 0 radical (unpaired) electrons. The molecule has 2 aromatic carbocycles. The van der Waals surface area contributed by atoms with Gasteiger partial charge in [-0.2, -0.15) is 0 Å². The zero-order valence-electron chi connectivity index (χ0n) is 11.1. The molecule has 0 bridgehead atoms. The lowest BCUT2D eigenvalue weighted by molar-refractivity contribution is 0.103. The summed E-state index contributed by atoms with van der Waals surface area (Å²) < 4.78 is 18.8. The number of rotatable bonds is 2. The molecule has 3 rings (SSSR count). The lowest BCUT2D eigenvalue weighted by Gasteiger charge is -2.09. The summed E-state index contributed by atoms with van der Waals surface area (Å²) in [6, 6.07) is 11.2. The summed E-state index contributed by atoms with van der Waals surface area (Å²) in [5, 5.41) is 0. The van der Waals surface area contributed by atoms with E-state index in [4.69, 9.17) is 4.74 Å². The van der Waals surface area contributed by atoms with E-state index in [0.717, 1.165) is 37.2 Å². The van der Waals surface area contributed by atoms with Crippen LogP contribution in [0, 0.1) is 5.82 Å². The van der Waals surface area contributed by atoms with E-state index in [9.17, 15) is 9.18 Å². The SMILES string of the molecule is O=C(c1cccc(F)c1)c1ccc2c(c1)CCCCO2. The third-order valence-electron chi connectivity index (χ3n) is 3.51. The highest BCUT2D eigenvalue weighted by molar-refractivity contribution is 6.09. The van der Waals surface area contributed by atoms with Gasteiger partial charge in [-0.15, -0.1) is 0 Å². The number of carbonyl (C=O) groups is 1. The third kappa shape index (κ3) is 2.57. The number of hydrogen-bond donors (Lipinski definition) is 0. The van der Waals surface area contributed by atoms with Gasteiger partial charge in [0.15, 0.2) is 5.78 Å². The van der Waals surface area contributed by atoms with E-state index in [1.807, 2.05) is 12.1 Å². The predicted molar refractivity (Wildman–Crippen MR) is 74.7 cm³/mol. The van der Waals surface area contributed by atoms with Crippen LogP contribution in [0.25, 0.3) is 0 Å². The molecule has 0 saturated heterocycles. The molecule has 102 valence electrons. The fourth-order valence-electron chi connectivity index (χ4n) is 2.45. The Kier molecular flexibility index (Phi) is 3.50. The van der Waals surface area contributed by atoms with Crippen molar-refractivity contribution in [3.05, 3.63) is 65.0 Å². The normalized spacial score (nSPS) is 14.1. The monoisotopic (exact) mass is 270 g/mol. The van der Waals surface area contributed by atoms with Gasteiger partial charge in [-0.1, -0.05) is 12.1 Å². The van der Waals surface area contributed by atoms with Gasteiger partial charge in [0.1, 0.15) is 11.6 Å². The molecule has 20 heavy (non-hydrogen) atoms. The average molecular weight is 270 g/mol. The first-order chi connectivity index (χ1) is 9.74. The number of ether oxygens (including phenoxy) is 1. The van der Waals surface area contributed by atoms with Crippen LogP contribution in [0.1, 0.15) is 34.3 Å². The Hall–Kier alpha value is -2.16. The summed E-state index contributed by atoms with van der Waals surface area (Å²) in [6.07, 6.45) is 3.01. The minimum atomic E-state index is -0.394. The Bertz CT molecular complexity index is 649.